The van der Waals surface area contributed by atoms with E-state index < -0.39 is 0 Å². The molecule has 2 aromatic heterocycles. The van der Waals surface area contributed by atoms with Crippen molar-refractivity contribution in [2.75, 3.05) is 0 Å². The summed E-state index contributed by atoms with van der Waals surface area (Å²) < 4.78 is 2.36. The third-order valence-corrected chi connectivity index (χ3v) is 7.31. The first-order valence-corrected chi connectivity index (χ1v) is 11.6. The molecule has 1 amide bonds. The molecule has 162 valence electrons. The third-order valence-electron chi connectivity index (χ3n) is 7.31. The number of aromatic nitrogens is 2. The molecule has 0 atom stereocenters. The van der Waals surface area contributed by atoms with Crippen LogP contribution in [0.15, 0.2) is 18.2 Å². The highest BCUT2D eigenvalue weighted by Gasteiger charge is 2.41. The highest BCUT2D eigenvalue weighted by atomic mass is 16.1. The topological polar surface area (TPSA) is 60.9 Å². The highest BCUT2D eigenvalue weighted by Crippen LogP contribution is 2.48. The molecule has 2 heterocycles. The molecule has 0 bridgehead atoms. The summed E-state index contributed by atoms with van der Waals surface area (Å²) in [7, 11) is 0. The maximum Gasteiger partial charge on any atom is 0.250 e. The second-order valence-electron chi connectivity index (χ2n) is 10.9. The molecule has 2 fully saturated rings. The SMILES string of the molecule is Cc1c(C(N)=O)cc(-c2cc(C(C)(C)C)nc(C3(C)CC3)c2)n1CC1CCCCC1. The van der Waals surface area contributed by atoms with Crippen LogP contribution >= 0.6 is 0 Å². The van der Waals surface area contributed by atoms with Crippen LogP contribution in [0.5, 0.6) is 0 Å². The summed E-state index contributed by atoms with van der Waals surface area (Å²) in [4.78, 5) is 17.2. The van der Waals surface area contributed by atoms with Gasteiger partial charge in [0.2, 0.25) is 0 Å². The van der Waals surface area contributed by atoms with Gasteiger partial charge in [0.05, 0.1) is 5.56 Å². The summed E-state index contributed by atoms with van der Waals surface area (Å²) in [5.41, 5.74) is 12.2. The van der Waals surface area contributed by atoms with Crippen molar-refractivity contribution in [3.8, 4) is 11.3 Å². The number of nitrogens with two attached hydrogens (primary N) is 1. The molecule has 2 saturated carbocycles. The highest BCUT2D eigenvalue weighted by molar-refractivity contribution is 5.95. The number of pyridine rings is 1. The fourth-order valence-corrected chi connectivity index (χ4v) is 4.81. The van der Waals surface area contributed by atoms with Crippen molar-refractivity contribution in [3.63, 3.8) is 0 Å². The van der Waals surface area contributed by atoms with Gasteiger partial charge in [-0.25, -0.2) is 0 Å². The molecule has 2 aromatic rings. The minimum Gasteiger partial charge on any atom is -0.366 e. The second kappa shape index (κ2) is 7.55. The van der Waals surface area contributed by atoms with Crippen molar-refractivity contribution in [2.24, 2.45) is 11.7 Å². The Morgan fingerprint density at radius 1 is 1.17 bits per heavy atom. The lowest BCUT2D eigenvalue weighted by molar-refractivity contribution is 0.0999. The van der Waals surface area contributed by atoms with E-state index in [1.807, 2.05) is 13.0 Å². The van der Waals surface area contributed by atoms with Gasteiger partial charge in [0.1, 0.15) is 0 Å². The van der Waals surface area contributed by atoms with Gasteiger partial charge in [0, 0.05) is 45.7 Å². The largest absolute Gasteiger partial charge is 0.366 e. The molecule has 4 heteroatoms. The standard InChI is InChI=1S/C26H37N3O/c1-17-20(24(27)30)15-21(29(17)16-18-9-7-6-8-10-18)19-13-22(25(2,3)4)28-23(14-19)26(5)11-12-26/h13-15,18H,6-12,16H2,1-5H3,(H2,27,30). The Labute approximate surface area is 181 Å². The van der Waals surface area contributed by atoms with E-state index in [-0.39, 0.29) is 16.7 Å². The first kappa shape index (κ1) is 21.1. The van der Waals surface area contributed by atoms with Crippen LogP contribution in [0.3, 0.4) is 0 Å². The normalized spacial score (nSPS) is 19.1. The van der Waals surface area contributed by atoms with Crippen LogP contribution in [-0.4, -0.2) is 15.5 Å². The summed E-state index contributed by atoms with van der Waals surface area (Å²) in [6.07, 6.45) is 8.92. The number of hydrogen-bond acceptors (Lipinski definition) is 2. The number of carbonyl (C=O) groups is 1. The number of nitrogens with zero attached hydrogens (tertiary/aromatic N) is 2. The molecule has 2 aliphatic rings. The maximum absolute atomic E-state index is 12.2. The van der Waals surface area contributed by atoms with E-state index in [0.29, 0.717) is 11.5 Å². The Hall–Kier alpha value is -2.10. The van der Waals surface area contributed by atoms with E-state index in [4.69, 9.17) is 10.7 Å². The quantitative estimate of drug-likeness (QED) is 0.672. The number of amides is 1. The molecule has 0 aromatic carbocycles. The Morgan fingerprint density at radius 3 is 2.40 bits per heavy atom. The van der Waals surface area contributed by atoms with Crippen LogP contribution in [0.25, 0.3) is 11.3 Å². The van der Waals surface area contributed by atoms with Gasteiger partial charge in [-0.3, -0.25) is 9.78 Å². The fraction of sp³-hybridized carbons (Fsp3) is 0.615. The van der Waals surface area contributed by atoms with Crippen molar-refractivity contribution in [1.82, 2.24) is 9.55 Å². The molecule has 4 nitrogen and oxygen atoms in total. The summed E-state index contributed by atoms with van der Waals surface area (Å²) in [6.45, 7) is 12.0. The fourth-order valence-electron chi connectivity index (χ4n) is 4.81. The minimum atomic E-state index is -0.337. The molecule has 0 unspecified atom stereocenters. The van der Waals surface area contributed by atoms with Crippen molar-refractivity contribution < 1.29 is 4.79 Å². The van der Waals surface area contributed by atoms with Gasteiger partial charge in [-0.15, -0.1) is 0 Å². The molecule has 0 radical (unpaired) electrons. The van der Waals surface area contributed by atoms with Crippen molar-refractivity contribution in [1.29, 1.82) is 0 Å². The first-order valence-electron chi connectivity index (χ1n) is 11.6. The summed E-state index contributed by atoms with van der Waals surface area (Å²) in [5.74, 6) is 0.337. The Balaban J connectivity index is 1.84. The van der Waals surface area contributed by atoms with Crippen LogP contribution in [0.1, 0.15) is 100 Å². The number of carbonyl (C=O) groups excluding carboxylic acids is 1. The van der Waals surface area contributed by atoms with Gasteiger partial charge in [-0.2, -0.15) is 0 Å². The zero-order valence-corrected chi connectivity index (χ0v) is 19.3. The predicted octanol–water partition coefficient (Wildman–Crippen LogP) is 5.89. The van der Waals surface area contributed by atoms with Gasteiger partial charge >= 0.3 is 0 Å². The molecule has 2 aliphatic carbocycles. The van der Waals surface area contributed by atoms with Crippen LogP contribution in [-0.2, 0) is 17.4 Å². The number of rotatable bonds is 5. The molecule has 4 rings (SSSR count). The van der Waals surface area contributed by atoms with Gasteiger partial charge in [0.25, 0.3) is 5.91 Å². The van der Waals surface area contributed by atoms with Crippen LogP contribution in [0.4, 0.5) is 0 Å². The van der Waals surface area contributed by atoms with Crippen molar-refractivity contribution in [2.45, 2.75) is 96.9 Å². The lowest BCUT2D eigenvalue weighted by Crippen LogP contribution is -2.18. The molecule has 2 N–H and O–H groups in total. The van der Waals surface area contributed by atoms with Gasteiger partial charge in [-0.05, 0) is 56.7 Å². The molecule has 0 saturated heterocycles. The average molecular weight is 408 g/mol. The van der Waals surface area contributed by atoms with Gasteiger partial charge in [-0.1, -0.05) is 47.0 Å². The van der Waals surface area contributed by atoms with E-state index >= 15 is 0 Å². The molecule has 0 spiro atoms. The van der Waals surface area contributed by atoms with E-state index in [1.165, 1.54) is 56.2 Å². The molecular formula is C26H37N3O. The predicted molar refractivity (Wildman–Crippen MR) is 123 cm³/mol. The Kier molecular flexibility index (Phi) is 5.32. The van der Waals surface area contributed by atoms with E-state index in [1.54, 1.807) is 0 Å². The summed E-state index contributed by atoms with van der Waals surface area (Å²) >= 11 is 0. The van der Waals surface area contributed by atoms with Gasteiger partial charge in [0.15, 0.2) is 0 Å². The third kappa shape index (κ3) is 4.06. The van der Waals surface area contributed by atoms with E-state index in [2.05, 4.69) is 44.4 Å². The van der Waals surface area contributed by atoms with Gasteiger partial charge < -0.3 is 10.3 Å². The first-order chi connectivity index (χ1) is 14.1. The second-order valence-corrected chi connectivity index (χ2v) is 10.9. The molecule has 0 aliphatic heterocycles. The lowest BCUT2D eigenvalue weighted by Gasteiger charge is -2.25. The monoisotopic (exact) mass is 407 g/mol. The lowest BCUT2D eigenvalue weighted by atomic mass is 9.88. The summed E-state index contributed by atoms with van der Waals surface area (Å²) in [5, 5.41) is 0. The average Bonchev–Trinajstić information content (AvgIpc) is 3.37. The Morgan fingerprint density at radius 2 is 1.83 bits per heavy atom. The molecular weight excluding hydrogens is 370 g/mol. The van der Waals surface area contributed by atoms with Crippen molar-refractivity contribution in [3.05, 3.63) is 40.8 Å². The maximum atomic E-state index is 12.2. The molecule has 30 heavy (non-hydrogen) atoms. The van der Waals surface area contributed by atoms with E-state index in [9.17, 15) is 4.79 Å². The van der Waals surface area contributed by atoms with Crippen LogP contribution < -0.4 is 5.73 Å². The minimum absolute atomic E-state index is 0.0294. The Bertz CT molecular complexity index is 930. The smallest absolute Gasteiger partial charge is 0.250 e. The summed E-state index contributed by atoms with van der Waals surface area (Å²) in [6, 6.07) is 6.51. The van der Waals surface area contributed by atoms with Crippen LogP contribution in [0.2, 0.25) is 0 Å². The van der Waals surface area contributed by atoms with E-state index in [0.717, 1.165) is 23.6 Å². The number of primary amides is 1. The zero-order chi connectivity index (χ0) is 21.7. The van der Waals surface area contributed by atoms with Crippen molar-refractivity contribution >= 4 is 5.91 Å². The van der Waals surface area contributed by atoms with Crippen LogP contribution in [0, 0.1) is 12.8 Å². The zero-order valence-electron chi connectivity index (χ0n) is 19.3. The number of hydrogen-bond donors (Lipinski definition) is 1.